The van der Waals surface area contributed by atoms with Gasteiger partial charge in [0.05, 0.1) is 0 Å². The Balaban J connectivity index is 0.000000494. The smallest absolute Gasteiger partial charge is 0.00995 e. The summed E-state index contributed by atoms with van der Waals surface area (Å²) in [5.41, 5.74) is 4.17. The molecule has 152 valence electrons. The molecule has 0 nitrogen and oxygen atoms in total. The van der Waals surface area contributed by atoms with Crippen LogP contribution in [0.3, 0.4) is 0 Å². The van der Waals surface area contributed by atoms with Gasteiger partial charge in [-0.2, -0.15) is 6.07 Å². The second kappa shape index (κ2) is 10.8. The molecule has 4 heteroatoms. The topological polar surface area (TPSA) is 0 Å². The quantitative estimate of drug-likeness (QED) is 0.117. The summed E-state index contributed by atoms with van der Waals surface area (Å²) < 4.78 is 0. The Morgan fingerprint density at radius 1 is 0.667 bits per heavy atom. The van der Waals surface area contributed by atoms with Crippen LogP contribution in [0.2, 0.25) is 13.1 Å². The Hall–Kier alpha value is -1.31. The molecule has 0 bridgehead atoms. The molecule has 0 N–H and O–H groups in total. The predicted molar refractivity (Wildman–Crippen MR) is 137 cm³/mol. The van der Waals surface area contributed by atoms with E-state index in [1.54, 1.807) is 23.3 Å². The molecular formula is C26H25Cl2SiZr-. The van der Waals surface area contributed by atoms with E-state index in [2.05, 4.69) is 105 Å². The molecule has 5 aromatic rings. The van der Waals surface area contributed by atoms with Crippen molar-refractivity contribution < 1.29 is 23.3 Å². The number of hydrogen-bond acceptors (Lipinski definition) is 0. The number of hydrogen-bond donors (Lipinski definition) is 0. The zero-order valence-corrected chi connectivity index (χ0v) is 22.5. The van der Waals surface area contributed by atoms with Crippen LogP contribution in [0, 0.1) is 6.92 Å². The van der Waals surface area contributed by atoms with Gasteiger partial charge in [0.25, 0.3) is 0 Å². The minimum atomic E-state index is 0. The largest absolute Gasteiger partial charge is 0.165 e. The van der Waals surface area contributed by atoms with E-state index in [1.165, 1.54) is 49.0 Å². The van der Waals surface area contributed by atoms with Crippen molar-refractivity contribution in [3.05, 3.63) is 90.5 Å². The van der Waals surface area contributed by atoms with E-state index in [1.807, 2.05) is 0 Å². The van der Waals surface area contributed by atoms with Crippen molar-refractivity contribution in [3.63, 3.8) is 0 Å². The number of benzene rings is 4. The van der Waals surface area contributed by atoms with Crippen LogP contribution in [0.1, 0.15) is 5.56 Å². The van der Waals surface area contributed by atoms with Crippen molar-refractivity contribution >= 4 is 62.6 Å². The molecule has 0 saturated carbocycles. The first-order valence-corrected chi connectivity index (χ1v) is 15.8. The van der Waals surface area contributed by atoms with Crippen LogP contribution in [0.4, 0.5) is 0 Å². The second-order valence-electron chi connectivity index (χ2n) is 7.53. The molecule has 0 unspecified atom stereocenters. The van der Waals surface area contributed by atoms with Crippen LogP contribution in [0.15, 0.2) is 84.9 Å². The maximum atomic E-state index is 2.31. The summed E-state index contributed by atoms with van der Waals surface area (Å²) in [6.45, 7) is 6.78. The first-order valence-electron chi connectivity index (χ1n) is 9.63. The van der Waals surface area contributed by atoms with Gasteiger partial charge >= 0.3 is 41.9 Å². The number of aryl methyl sites for hydroxylation is 1. The molecule has 0 amide bonds. The van der Waals surface area contributed by atoms with Crippen molar-refractivity contribution in [3.8, 4) is 11.1 Å². The summed E-state index contributed by atoms with van der Waals surface area (Å²) in [5, 5.41) is 7.93. The first kappa shape index (κ1) is 25.0. The number of fused-ring (bicyclic) bond motifs is 4. The van der Waals surface area contributed by atoms with Gasteiger partial charge in [-0.05, 0) is 27.1 Å². The summed E-state index contributed by atoms with van der Waals surface area (Å²) >= 11 is 1.74. The van der Waals surface area contributed by atoms with Crippen molar-refractivity contribution in [2.75, 3.05) is 0 Å². The summed E-state index contributed by atoms with van der Waals surface area (Å²) in [4.78, 5) is 0. The fraction of sp³-hybridized carbons (Fsp3) is 0.115. The minimum absolute atomic E-state index is 0. The van der Waals surface area contributed by atoms with Crippen molar-refractivity contribution in [1.29, 1.82) is 0 Å². The average Bonchev–Trinajstić information content (AvgIpc) is 3.07. The minimum Gasteiger partial charge on any atom is -0.165 e. The first-order chi connectivity index (χ1) is 13.5. The van der Waals surface area contributed by atoms with Crippen LogP contribution in [-0.4, -0.2) is 5.43 Å². The molecule has 0 aromatic heterocycles. The second-order valence-corrected chi connectivity index (χ2v) is 16.9. The zero-order valence-electron chi connectivity index (χ0n) is 17.4. The van der Waals surface area contributed by atoms with Crippen LogP contribution in [0.5, 0.6) is 0 Å². The molecule has 0 aliphatic rings. The molecular weight excluding hydrogens is 503 g/mol. The summed E-state index contributed by atoms with van der Waals surface area (Å²) in [6.07, 6.45) is 0. The Morgan fingerprint density at radius 2 is 1.27 bits per heavy atom. The monoisotopic (exact) mass is 525 g/mol. The molecule has 0 atom stereocenters. The molecule has 0 spiro atoms. The van der Waals surface area contributed by atoms with E-state index >= 15 is 0 Å². The van der Waals surface area contributed by atoms with E-state index in [-0.39, 0.29) is 30.2 Å². The predicted octanol–water partition coefficient (Wildman–Crippen LogP) is 8.47. The van der Waals surface area contributed by atoms with Crippen molar-refractivity contribution in [2.24, 2.45) is 0 Å². The maximum Gasteiger partial charge on any atom is -0.00995 e. The van der Waals surface area contributed by atoms with Gasteiger partial charge in [0.1, 0.15) is 0 Å². The Morgan fingerprint density at radius 3 is 2.00 bits per heavy atom. The number of halogens is 2. The Kier molecular flexibility index (Phi) is 9.00. The standard InChI is InChI=1S/C24H17.C2H6Si.2ClH.Zr/c1-16-14-18-7-4-9-22(24(18)15-16)21-11-5-10-20-19-8-3-2-6-17(19)12-13-23(20)21;1-3-2;;;/h2-15H,1H3;1-2H3;2*1H;/q-1;;;;. The Labute approximate surface area is 206 Å². The van der Waals surface area contributed by atoms with Gasteiger partial charge in [-0.1, -0.05) is 73.2 Å². The molecule has 0 heterocycles. The van der Waals surface area contributed by atoms with Crippen molar-refractivity contribution in [1.82, 2.24) is 0 Å². The van der Waals surface area contributed by atoms with Gasteiger partial charge in [-0.15, -0.1) is 59.3 Å². The van der Waals surface area contributed by atoms with Crippen LogP contribution in [0.25, 0.3) is 43.4 Å². The fourth-order valence-electron chi connectivity index (χ4n) is 3.89. The van der Waals surface area contributed by atoms with Gasteiger partial charge in [-0.25, -0.2) is 0 Å². The van der Waals surface area contributed by atoms with Crippen LogP contribution >= 0.6 is 24.8 Å². The third kappa shape index (κ3) is 5.11. The number of rotatable bonds is 1. The molecule has 0 aliphatic carbocycles. The SMILES string of the molecule is C[Si](C)=[Zr].Cc1cc2c(-c3cccc4c3ccc3ccccc34)cccc2[cH-]1.Cl.Cl. The van der Waals surface area contributed by atoms with Gasteiger partial charge < -0.3 is 0 Å². The van der Waals surface area contributed by atoms with E-state index in [9.17, 15) is 0 Å². The average molecular weight is 528 g/mol. The van der Waals surface area contributed by atoms with Crippen molar-refractivity contribution in [2.45, 2.75) is 20.0 Å². The van der Waals surface area contributed by atoms with Gasteiger partial charge in [0.15, 0.2) is 0 Å². The summed E-state index contributed by atoms with van der Waals surface area (Å²) in [6, 6.07) is 30.9. The van der Waals surface area contributed by atoms with E-state index in [0.717, 1.165) is 0 Å². The summed E-state index contributed by atoms with van der Waals surface area (Å²) in [7, 11) is 0. The maximum absolute atomic E-state index is 2.31. The summed E-state index contributed by atoms with van der Waals surface area (Å²) in [5.74, 6) is 0. The molecule has 0 fully saturated rings. The molecule has 5 rings (SSSR count). The van der Waals surface area contributed by atoms with Gasteiger partial charge in [0.2, 0.25) is 0 Å². The normalized spacial score (nSPS) is 10.1. The van der Waals surface area contributed by atoms with Gasteiger partial charge in [-0.3, -0.25) is 0 Å². The molecule has 30 heavy (non-hydrogen) atoms. The van der Waals surface area contributed by atoms with E-state index in [0.29, 0.717) is 0 Å². The van der Waals surface area contributed by atoms with Crippen LogP contribution < -0.4 is 0 Å². The van der Waals surface area contributed by atoms with E-state index < -0.39 is 0 Å². The van der Waals surface area contributed by atoms with Gasteiger partial charge in [0, 0.05) is 0 Å². The third-order valence-electron chi connectivity index (χ3n) is 4.97. The molecule has 5 aromatic carbocycles. The fourth-order valence-corrected chi connectivity index (χ4v) is 3.89. The zero-order chi connectivity index (χ0) is 19.7. The molecule has 0 saturated heterocycles. The molecule has 0 aliphatic heterocycles. The molecule has 0 radical (unpaired) electrons. The van der Waals surface area contributed by atoms with E-state index in [4.69, 9.17) is 0 Å². The van der Waals surface area contributed by atoms with Crippen LogP contribution in [-0.2, 0) is 23.3 Å². The Bertz CT molecular complexity index is 1320. The third-order valence-corrected chi connectivity index (χ3v) is 4.97.